The molecule has 3 N–H and O–H groups in total. The Morgan fingerprint density at radius 1 is 1.09 bits per heavy atom. The molecule has 2 aromatic heterocycles. The lowest BCUT2D eigenvalue weighted by atomic mass is 9.96. The number of piperidine rings is 1. The van der Waals surface area contributed by atoms with E-state index in [0.29, 0.717) is 17.3 Å². The van der Waals surface area contributed by atoms with Gasteiger partial charge in [-0.2, -0.15) is 0 Å². The Bertz CT molecular complexity index is 997. The summed E-state index contributed by atoms with van der Waals surface area (Å²) in [6.07, 6.45) is 4.66. The van der Waals surface area contributed by atoms with Crippen molar-refractivity contribution in [1.82, 2.24) is 20.6 Å². The Morgan fingerprint density at radius 2 is 1.82 bits per heavy atom. The third kappa shape index (κ3) is 6.72. The van der Waals surface area contributed by atoms with E-state index >= 15 is 0 Å². The number of nitrogens with zero attached hydrogens (tertiary/aromatic N) is 3. The van der Waals surface area contributed by atoms with Crippen LogP contribution in [0.2, 0.25) is 0 Å². The summed E-state index contributed by atoms with van der Waals surface area (Å²) in [6, 6.07) is 5.92. The van der Waals surface area contributed by atoms with Gasteiger partial charge >= 0.3 is 6.03 Å². The quantitative estimate of drug-likeness (QED) is 0.634. The second-order valence-corrected chi connectivity index (χ2v) is 8.91. The van der Waals surface area contributed by atoms with Gasteiger partial charge in [0.05, 0.1) is 6.20 Å². The summed E-state index contributed by atoms with van der Waals surface area (Å²) in [4.78, 5) is 46.6. The number of aromatic nitrogens is 2. The van der Waals surface area contributed by atoms with Gasteiger partial charge in [-0.15, -0.1) is 0 Å². The highest BCUT2D eigenvalue weighted by atomic mass is 16.5. The molecule has 0 radical (unpaired) electrons. The van der Waals surface area contributed by atoms with E-state index in [1.165, 1.54) is 6.20 Å². The van der Waals surface area contributed by atoms with Crippen molar-refractivity contribution in [2.45, 2.75) is 33.6 Å². The summed E-state index contributed by atoms with van der Waals surface area (Å²) >= 11 is 0. The lowest BCUT2D eigenvalue weighted by molar-refractivity contribution is -0.127. The Labute approximate surface area is 193 Å². The number of anilines is 2. The molecule has 0 unspecified atom stereocenters. The van der Waals surface area contributed by atoms with E-state index in [-0.39, 0.29) is 17.6 Å². The molecule has 1 fully saturated rings. The highest BCUT2D eigenvalue weighted by molar-refractivity contribution is 6.02. The summed E-state index contributed by atoms with van der Waals surface area (Å²) in [5.74, 6) is 1.35. The molecule has 1 saturated heterocycles. The van der Waals surface area contributed by atoms with Gasteiger partial charge in [0, 0.05) is 30.6 Å². The minimum absolute atomic E-state index is 0.0113. The van der Waals surface area contributed by atoms with Crippen molar-refractivity contribution in [3.8, 4) is 11.5 Å². The molecule has 0 bridgehead atoms. The molecule has 2 aromatic rings. The van der Waals surface area contributed by atoms with E-state index in [9.17, 15) is 14.4 Å². The molecule has 1 aliphatic rings. The van der Waals surface area contributed by atoms with Crippen LogP contribution in [0, 0.1) is 11.3 Å². The summed E-state index contributed by atoms with van der Waals surface area (Å²) in [6.45, 7) is 6.82. The Morgan fingerprint density at radius 3 is 2.45 bits per heavy atom. The maximum absolute atomic E-state index is 12.8. The summed E-state index contributed by atoms with van der Waals surface area (Å²) in [7, 11) is 1.72. The van der Waals surface area contributed by atoms with Gasteiger partial charge in [-0.25, -0.2) is 14.8 Å². The summed E-state index contributed by atoms with van der Waals surface area (Å²) in [5.41, 5.74) is -0.682. The molecule has 0 aromatic carbocycles. The highest BCUT2D eigenvalue weighted by Gasteiger charge is 2.25. The van der Waals surface area contributed by atoms with Gasteiger partial charge in [0.15, 0.2) is 0 Å². The fraction of sp³-hybridized carbons (Fsp3) is 0.435. The number of urea groups is 1. The van der Waals surface area contributed by atoms with Crippen molar-refractivity contribution in [2.24, 2.45) is 11.3 Å². The molecular formula is C23H30N6O4. The van der Waals surface area contributed by atoms with E-state index in [1.807, 2.05) is 0 Å². The second-order valence-electron chi connectivity index (χ2n) is 8.91. The molecule has 33 heavy (non-hydrogen) atoms. The van der Waals surface area contributed by atoms with Crippen LogP contribution in [0.5, 0.6) is 11.5 Å². The van der Waals surface area contributed by atoms with Crippen LogP contribution in [0.1, 0.15) is 33.6 Å². The number of hydrogen-bond donors (Lipinski definition) is 3. The van der Waals surface area contributed by atoms with Gasteiger partial charge in [-0.3, -0.25) is 25.1 Å². The van der Waals surface area contributed by atoms with E-state index in [1.54, 1.807) is 63.2 Å². The zero-order valence-electron chi connectivity index (χ0n) is 19.3. The van der Waals surface area contributed by atoms with Crippen LogP contribution in [-0.4, -0.2) is 48.0 Å². The van der Waals surface area contributed by atoms with Crippen LogP contribution in [0.25, 0.3) is 0 Å². The van der Waals surface area contributed by atoms with Crippen molar-refractivity contribution in [1.29, 1.82) is 0 Å². The molecular weight excluding hydrogens is 424 g/mol. The molecule has 176 valence electrons. The zero-order valence-corrected chi connectivity index (χ0v) is 19.3. The predicted molar refractivity (Wildman–Crippen MR) is 124 cm³/mol. The maximum Gasteiger partial charge on any atom is 0.327 e. The molecule has 4 amide bonds. The molecule has 0 spiro atoms. The van der Waals surface area contributed by atoms with Crippen LogP contribution in [0.3, 0.4) is 0 Å². The van der Waals surface area contributed by atoms with Gasteiger partial charge in [0.1, 0.15) is 23.1 Å². The standard InChI is InChI=1S/C23H30N6O4/c1-23(2,3)21(31)28-22(32)27-18-6-5-17(14-26-18)33-16-9-12-25-19(13-16)29(4)20(30)15-7-10-24-11-8-15/h5-6,9,12-15,24H,7-8,10-11H2,1-4H3,(H2,26,27,28,31,32). The summed E-state index contributed by atoms with van der Waals surface area (Å²) in [5, 5.41) is 8.04. The number of pyridine rings is 2. The van der Waals surface area contributed by atoms with Crippen LogP contribution >= 0.6 is 0 Å². The number of hydrogen-bond acceptors (Lipinski definition) is 7. The van der Waals surface area contributed by atoms with E-state index < -0.39 is 17.4 Å². The molecule has 0 saturated carbocycles. The van der Waals surface area contributed by atoms with Crippen LogP contribution in [-0.2, 0) is 9.59 Å². The van der Waals surface area contributed by atoms with Crippen molar-refractivity contribution < 1.29 is 19.1 Å². The highest BCUT2D eigenvalue weighted by Crippen LogP contribution is 2.26. The number of amides is 4. The van der Waals surface area contributed by atoms with Crippen LogP contribution in [0.4, 0.5) is 16.4 Å². The second kappa shape index (κ2) is 10.4. The lowest BCUT2D eigenvalue weighted by Crippen LogP contribution is -2.41. The molecule has 10 nitrogen and oxygen atoms in total. The van der Waals surface area contributed by atoms with Crippen LogP contribution < -0.4 is 25.6 Å². The van der Waals surface area contributed by atoms with Crippen LogP contribution in [0.15, 0.2) is 36.7 Å². The SMILES string of the molecule is CN(C(=O)C1CCNCC1)c1cc(Oc2ccc(NC(=O)NC(=O)C(C)(C)C)nc2)ccn1. The minimum atomic E-state index is -0.682. The van der Waals surface area contributed by atoms with Crippen molar-refractivity contribution in [3.05, 3.63) is 36.7 Å². The molecule has 0 atom stereocenters. The molecule has 1 aliphatic heterocycles. The first kappa shape index (κ1) is 24.1. The maximum atomic E-state index is 12.8. The van der Waals surface area contributed by atoms with E-state index in [0.717, 1.165) is 25.9 Å². The fourth-order valence-corrected chi connectivity index (χ4v) is 3.19. The van der Waals surface area contributed by atoms with Crippen molar-refractivity contribution >= 4 is 29.5 Å². The van der Waals surface area contributed by atoms with Gasteiger partial charge in [-0.1, -0.05) is 20.8 Å². The monoisotopic (exact) mass is 454 g/mol. The minimum Gasteiger partial charge on any atom is -0.456 e. The third-order valence-electron chi connectivity index (χ3n) is 5.20. The van der Waals surface area contributed by atoms with Gasteiger partial charge < -0.3 is 10.1 Å². The summed E-state index contributed by atoms with van der Waals surface area (Å²) < 4.78 is 5.83. The predicted octanol–water partition coefficient (Wildman–Crippen LogP) is 2.93. The number of carbonyl (C=O) groups excluding carboxylic acids is 3. The van der Waals surface area contributed by atoms with E-state index in [4.69, 9.17) is 4.74 Å². The Kier molecular flexibility index (Phi) is 7.59. The Balaban J connectivity index is 1.59. The third-order valence-corrected chi connectivity index (χ3v) is 5.20. The first-order chi connectivity index (χ1) is 15.6. The smallest absolute Gasteiger partial charge is 0.327 e. The number of rotatable bonds is 5. The normalized spacial score (nSPS) is 14.3. The Hall–Kier alpha value is -3.53. The first-order valence-electron chi connectivity index (χ1n) is 10.8. The average molecular weight is 455 g/mol. The topological polar surface area (TPSA) is 126 Å². The number of imide groups is 1. The molecule has 3 heterocycles. The van der Waals surface area contributed by atoms with Crippen molar-refractivity contribution in [3.63, 3.8) is 0 Å². The number of ether oxygens (including phenoxy) is 1. The van der Waals surface area contributed by atoms with Gasteiger partial charge in [0.2, 0.25) is 11.8 Å². The van der Waals surface area contributed by atoms with Gasteiger partial charge in [-0.05, 0) is 44.1 Å². The molecule has 3 rings (SSSR count). The largest absolute Gasteiger partial charge is 0.456 e. The zero-order chi connectivity index (χ0) is 24.0. The number of nitrogens with one attached hydrogen (secondary N) is 3. The fourth-order valence-electron chi connectivity index (χ4n) is 3.19. The first-order valence-corrected chi connectivity index (χ1v) is 10.8. The average Bonchev–Trinajstić information content (AvgIpc) is 2.79. The molecule has 0 aliphatic carbocycles. The van der Waals surface area contributed by atoms with Crippen molar-refractivity contribution in [2.75, 3.05) is 30.4 Å². The molecule has 10 heteroatoms. The number of carbonyl (C=O) groups is 3. The lowest BCUT2D eigenvalue weighted by Gasteiger charge is -2.26. The van der Waals surface area contributed by atoms with E-state index in [2.05, 4.69) is 25.9 Å². The van der Waals surface area contributed by atoms with Gasteiger partial charge in [0.25, 0.3) is 0 Å².